The molecule has 0 aliphatic rings. The third-order valence-corrected chi connectivity index (χ3v) is 4.42. The van der Waals surface area contributed by atoms with Gasteiger partial charge in [0, 0.05) is 17.4 Å². The minimum absolute atomic E-state index is 0.0728. The number of thioether (sulfide) groups is 1. The molecule has 0 aliphatic carbocycles. The third-order valence-electron chi connectivity index (χ3n) is 3.68. The predicted molar refractivity (Wildman–Crippen MR) is 86.2 cm³/mol. The van der Waals surface area contributed by atoms with Crippen molar-refractivity contribution in [1.29, 1.82) is 0 Å². The fraction of sp³-hybridized carbons (Fsp3) is 0.294. The molecular weight excluding hydrogens is 266 g/mol. The fourth-order valence-corrected chi connectivity index (χ4v) is 2.87. The largest absolute Gasteiger partial charge is 0.388 e. The topological polar surface area (TPSA) is 46.2 Å². The van der Waals surface area contributed by atoms with E-state index in [1.54, 1.807) is 11.8 Å². The molecule has 0 spiro atoms. The molecule has 0 bridgehead atoms. The Morgan fingerprint density at radius 2 is 1.75 bits per heavy atom. The van der Waals surface area contributed by atoms with E-state index in [-0.39, 0.29) is 5.92 Å². The maximum atomic E-state index is 10.6. The van der Waals surface area contributed by atoms with E-state index in [2.05, 4.69) is 13.0 Å². The van der Waals surface area contributed by atoms with Crippen LogP contribution in [-0.4, -0.2) is 17.9 Å². The van der Waals surface area contributed by atoms with Gasteiger partial charge in [-0.3, -0.25) is 0 Å². The lowest BCUT2D eigenvalue weighted by Gasteiger charge is -2.24. The lowest BCUT2D eigenvalue weighted by atomic mass is 9.87. The molecule has 0 heterocycles. The first-order chi connectivity index (χ1) is 9.67. The maximum absolute atomic E-state index is 10.6. The summed E-state index contributed by atoms with van der Waals surface area (Å²) in [4.78, 5) is 1.20. The van der Waals surface area contributed by atoms with Crippen LogP contribution in [0.2, 0.25) is 0 Å². The Labute approximate surface area is 125 Å². The van der Waals surface area contributed by atoms with Crippen molar-refractivity contribution < 1.29 is 5.11 Å². The molecule has 2 atom stereocenters. The number of nitrogens with two attached hydrogens (primary N) is 1. The first kappa shape index (κ1) is 15.1. The van der Waals surface area contributed by atoms with Crippen LogP contribution >= 0.6 is 11.8 Å². The molecule has 0 amide bonds. The zero-order valence-electron chi connectivity index (χ0n) is 11.9. The van der Waals surface area contributed by atoms with Gasteiger partial charge in [0.05, 0.1) is 6.10 Å². The zero-order chi connectivity index (χ0) is 14.5. The minimum Gasteiger partial charge on any atom is -0.388 e. The van der Waals surface area contributed by atoms with Crippen LogP contribution in [0.4, 0.5) is 0 Å². The molecule has 3 heteroatoms. The first-order valence-electron chi connectivity index (χ1n) is 6.75. The Hall–Kier alpha value is -1.29. The van der Waals surface area contributed by atoms with Crippen molar-refractivity contribution in [3.63, 3.8) is 0 Å². The molecule has 2 aromatic rings. The summed E-state index contributed by atoms with van der Waals surface area (Å²) < 4.78 is 0. The third kappa shape index (κ3) is 3.23. The van der Waals surface area contributed by atoms with Gasteiger partial charge in [-0.05, 0) is 42.0 Å². The molecule has 0 aromatic heterocycles. The van der Waals surface area contributed by atoms with E-state index < -0.39 is 6.10 Å². The summed E-state index contributed by atoms with van der Waals surface area (Å²) >= 11 is 1.70. The minimum atomic E-state index is -0.572. The molecule has 3 N–H and O–H groups in total. The molecule has 0 fully saturated rings. The lowest BCUT2D eigenvalue weighted by Crippen LogP contribution is -2.21. The van der Waals surface area contributed by atoms with E-state index >= 15 is 0 Å². The van der Waals surface area contributed by atoms with E-state index in [0.29, 0.717) is 6.54 Å². The Balaban J connectivity index is 2.28. The Morgan fingerprint density at radius 3 is 2.30 bits per heavy atom. The normalized spacial score (nSPS) is 14.0. The number of aliphatic hydroxyl groups excluding tert-OH is 1. The van der Waals surface area contributed by atoms with Gasteiger partial charge < -0.3 is 10.8 Å². The standard InChI is InChI=1S/C17H21NOS/c1-12-5-3-4-6-15(12)16(11-18)17(19)13-7-9-14(20-2)10-8-13/h3-10,16-17,19H,11,18H2,1-2H3. The first-order valence-corrected chi connectivity index (χ1v) is 7.97. The second kappa shape index (κ2) is 6.93. The van der Waals surface area contributed by atoms with Gasteiger partial charge in [0.15, 0.2) is 0 Å². The van der Waals surface area contributed by atoms with Crippen LogP contribution in [0.1, 0.15) is 28.7 Å². The van der Waals surface area contributed by atoms with E-state index in [1.165, 1.54) is 10.5 Å². The van der Waals surface area contributed by atoms with Crippen molar-refractivity contribution in [2.24, 2.45) is 5.73 Å². The second-order valence-electron chi connectivity index (χ2n) is 4.92. The van der Waals surface area contributed by atoms with Gasteiger partial charge in [0.1, 0.15) is 0 Å². The fourth-order valence-electron chi connectivity index (χ4n) is 2.46. The Bertz CT molecular complexity index is 553. The number of rotatable bonds is 5. The monoisotopic (exact) mass is 287 g/mol. The van der Waals surface area contributed by atoms with Gasteiger partial charge in [-0.2, -0.15) is 0 Å². The summed E-state index contributed by atoms with van der Waals surface area (Å²) in [5.41, 5.74) is 9.11. The number of hydrogen-bond acceptors (Lipinski definition) is 3. The number of hydrogen-bond donors (Lipinski definition) is 2. The molecule has 0 radical (unpaired) electrons. The van der Waals surface area contributed by atoms with Crippen LogP contribution in [-0.2, 0) is 0 Å². The molecule has 2 rings (SSSR count). The van der Waals surface area contributed by atoms with Crippen molar-refractivity contribution in [2.45, 2.75) is 23.8 Å². The highest BCUT2D eigenvalue weighted by molar-refractivity contribution is 7.98. The van der Waals surface area contributed by atoms with Crippen molar-refractivity contribution >= 4 is 11.8 Å². The molecule has 20 heavy (non-hydrogen) atoms. The Morgan fingerprint density at radius 1 is 1.10 bits per heavy atom. The summed E-state index contributed by atoms with van der Waals surface area (Å²) in [6.07, 6.45) is 1.47. The van der Waals surface area contributed by atoms with Crippen molar-refractivity contribution in [1.82, 2.24) is 0 Å². The van der Waals surface area contributed by atoms with Crippen molar-refractivity contribution in [2.75, 3.05) is 12.8 Å². The van der Waals surface area contributed by atoms with Gasteiger partial charge in [-0.1, -0.05) is 36.4 Å². The van der Waals surface area contributed by atoms with Crippen LogP contribution in [0.3, 0.4) is 0 Å². The van der Waals surface area contributed by atoms with Crippen LogP contribution < -0.4 is 5.73 Å². The van der Waals surface area contributed by atoms with Gasteiger partial charge in [0.25, 0.3) is 0 Å². The van der Waals surface area contributed by atoms with Gasteiger partial charge >= 0.3 is 0 Å². The van der Waals surface area contributed by atoms with Gasteiger partial charge in [0.2, 0.25) is 0 Å². The highest BCUT2D eigenvalue weighted by Gasteiger charge is 2.22. The summed E-state index contributed by atoms with van der Waals surface area (Å²) in [5, 5.41) is 10.6. The molecule has 2 aromatic carbocycles. The summed E-state index contributed by atoms with van der Waals surface area (Å²) in [6.45, 7) is 2.48. The van der Waals surface area contributed by atoms with Crippen LogP contribution in [0.5, 0.6) is 0 Å². The van der Waals surface area contributed by atoms with E-state index in [1.807, 2.05) is 48.7 Å². The van der Waals surface area contributed by atoms with Gasteiger partial charge in [-0.25, -0.2) is 0 Å². The maximum Gasteiger partial charge on any atom is 0.0870 e. The van der Waals surface area contributed by atoms with Crippen molar-refractivity contribution in [3.8, 4) is 0 Å². The highest BCUT2D eigenvalue weighted by atomic mass is 32.2. The number of benzene rings is 2. The van der Waals surface area contributed by atoms with E-state index in [0.717, 1.165) is 11.1 Å². The highest BCUT2D eigenvalue weighted by Crippen LogP contribution is 2.32. The Kier molecular flexibility index (Phi) is 5.24. The lowest BCUT2D eigenvalue weighted by molar-refractivity contribution is 0.147. The number of aliphatic hydroxyl groups is 1. The summed E-state index contributed by atoms with van der Waals surface area (Å²) in [5.74, 6) is -0.0728. The molecule has 0 aliphatic heterocycles. The molecule has 106 valence electrons. The average molecular weight is 287 g/mol. The predicted octanol–water partition coefficient (Wildman–Crippen LogP) is 3.49. The second-order valence-corrected chi connectivity index (χ2v) is 5.80. The smallest absolute Gasteiger partial charge is 0.0870 e. The molecule has 0 saturated carbocycles. The SMILES string of the molecule is CSc1ccc(C(O)C(CN)c2ccccc2C)cc1. The van der Waals surface area contributed by atoms with Crippen LogP contribution in [0, 0.1) is 6.92 Å². The number of aryl methyl sites for hydroxylation is 1. The molecule has 2 nitrogen and oxygen atoms in total. The summed E-state index contributed by atoms with van der Waals surface area (Å²) in [6, 6.07) is 16.1. The van der Waals surface area contributed by atoms with E-state index in [9.17, 15) is 5.11 Å². The quantitative estimate of drug-likeness (QED) is 0.827. The molecule has 2 unspecified atom stereocenters. The van der Waals surface area contributed by atoms with Crippen LogP contribution in [0.15, 0.2) is 53.4 Å². The summed E-state index contributed by atoms with van der Waals surface area (Å²) in [7, 11) is 0. The molecular formula is C17H21NOS. The average Bonchev–Trinajstić information content (AvgIpc) is 2.50. The van der Waals surface area contributed by atoms with Crippen molar-refractivity contribution in [3.05, 3.63) is 65.2 Å². The molecule has 0 saturated heterocycles. The van der Waals surface area contributed by atoms with Crippen LogP contribution in [0.25, 0.3) is 0 Å². The van der Waals surface area contributed by atoms with E-state index in [4.69, 9.17) is 5.73 Å². The zero-order valence-corrected chi connectivity index (χ0v) is 12.7. The van der Waals surface area contributed by atoms with Gasteiger partial charge in [-0.15, -0.1) is 11.8 Å².